The fourth-order valence-electron chi connectivity index (χ4n) is 6.19. The highest BCUT2D eigenvalue weighted by atomic mass is 16.3. The van der Waals surface area contributed by atoms with E-state index in [1.807, 2.05) is 35.2 Å². The summed E-state index contributed by atoms with van der Waals surface area (Å²) in [6.07, 6.45) is 2.93. The molecule has 0 spiro atoms. The van der Waals surface area contributed by atoms with Crippen molar-refractivity contribution in [3.63, 3.8) is 0 Å². The number of benzene rings is 4. The molecule has 1 aliphatic heterocycles. The fourth-order valence-corrected chi connectivity index (χ4v) is 6.19. The molecule has 234 valence electrons. The van der Waals surface area contributed by atoms with Crippen molar-refractivity contribution in [1.82, 2.24) is 15.2 Å². The normalized spacial score (nSPS) is 14.6. The van der Waals surface area contributed by atoms with Crippen molar-refractivity contribution in [3.8, 4) is 5.75 Å². The number of carbonyl (C=O) groups is 1. The first kappa shape index (κ1) is 31.0. The Kier molecular flexibility index (Phi) is 9.43. The summed E-state index contributed by atoms with van der Waals surface area (Å²) >= 11 is 0. The van der Waals surface area contributed by atoms with Crippen LogP contribution in [0.1, 0.15) is 63.5 Å². The largest absolute Gasteiger partial charge is 0.506 e. The van der Waals surface area contributed by atoms with E-state index in [4.69, 9.17) is 0 Å². The van der Waals surface area contributed by atoms with Crippen molar-refractivity contribution >= 4 is 22.4 Å². The number of rotatable bonds is 10. The maximum Gasteiger partial charge on any atom is 0.254 e. The lowest BCUT2D eigenvalue weighted by Gasteiger charge is -2.27. The molecular formula is C39H39N3O4. The number of pyridine rings is 1. The quantitative estimate of drug-likeness (QED) is 0.141. The Morgan fingerprint density at radius 1 is 0.935 bits per heavy atom. The maximum absolute atomic E-state index is 13.3. The Bertz CT molecular complexity index is 1910. The topological polar surface area (TPSA) is 106 Å². The van der Waals surface area contributed by atoms with Gasteiger partial charge in [-0.15, -0.1) is 0 Å². The molecule has 4 N–H and O–H groups in total. The number of aliphatic hydroxyl groups is 1. The molecule has 2 atom stereocenters. The second-order valence-electron chi connectivity index (χ2n) is 11.9. The highest BCUT2D eigenvalue weighted by molar-refractivity contribution is 5.95. The number of nitrogens with one attached hydrogen (secondary N) is 2. The molecule has 46 heavy (non-hydrogen) atoms. The number of aliphatic hydroxyl groups excluding tert-OH is 1. The van der Waals surface area contributed by atoms with E-state index < -0.39 is 6.10 Å². The molecule has 0 radical (unpaired) electrons. The van der Waals surface area contributed by atoms with Crippen LogP contribution in [0.4, 0.5) is 0 Å². The number of H-pyrrole nitrogens is 1. The molecule has 5 aromatic rings. The number of nitrogens with zero attached hydrogens (tertiary/aromatic N) is 1. The average molecular weight is 614 g/mol. The Morgan fingerprint density at radius 2 is 1.72 bits per heavy atom. The first-order chi connectivity index (χ1) is 22.4. The van der Waals surface area contributed by atoms with Crippen LogP contribution >= 0.6 is 0 Å². The summed E-state index contributed by atoms with van der Waals surface area (Å²) < 4.78 is 0. The summed E-state index contributed by atoms with van der Waals surface area (Å²) in [5.74, 6) is 0.321. The number of aromatic amines is 1. The summed E-state index contributed by atoms with van der Waals surface area (Å²) in [5, 5.41) is 24.7. The predicted octanol–water partition coefficient (Wildman–Crippen LogP) is 6.18. The van der Waals surface area contributed by atoms with Crippen LogP contribution in [0.3, 0.4) is 0 Å². The van der Waals surface area contributed by atoms with Crippen LogP contribution in [0.25, 0.3) is 16.5 Å². The van der Waals surface area contributed by atoms with Crippen LogP contribution < -0.4 is 10.9 Å². The Hall–Kier alpha value is -4.98. The van der Waals surface area contributed by atoms with Crippen molar-refractivity contribution in [2.75, 3.05) is 26.2 Å². The fraction of sp³-hybridized carbons (Fsp3) is 0.231. The number of phenols is 1. The van der Waals surface area contributed by atoms with Gasteiger partial charge in [0, 0.05) is 42.6 Å². The Balaban J connectivity index is 0.999. The molecule has 0 bridgehead atoms. The van der Waals surface area contributed by atoms with E-state index in [1.165, 1.54) is 34.4 Å². The predicted molar refractivity (Wildman–Crippen MR) is 183 cm³/mol. The van der Waals surface area contributed by atoms with Gasteiger partial charge in [-0.25, -0.2) is 0 Å². The molecule has 6 rings (SSSR count). The third-order valence-electron chi connectivity index (χ3n) is 8.95. The lowest BCUT2D eigenvalue weighted by atomic mass is 9.90. The van der Waals surface area contributed by atoms with Crippen molar-refractivity contribution in [2.24, 2.45) is 0 Å². The van der Waals surface area contributed by atoms with Crippen molar-refractivity contribution < 1.29 is 15.0 Å². The van der Waals surface area contributed by atoms with E-state index >= 15 is 0 Å². The average Bonchev–Trinajstić information content (AvgIpc) is 3.10. The van der Waals surface area contributed by atoms with Crippen LogP contribution in [-0.2, 0) is 6.42 Å². The third kappa shape index (κ3) is 6.96. The molecule has 0 fully saturated rings. The number of carbonyl (C=O) groups excluding carboxylic acids is 1. The molecule has 1 aliphatic rings. The zero-order valence-electron chi connectivity index (χ0n) is 25.9. The van der Waals surface area contributed by atoms with Gasteiger partial charge in [-0.05, 0) is 77.0 Å². The van der Waals surface area contributed by atoms with Crippen LogP contribution in [0.15, 0.2) is 114 Å². The second kappa shape index (κ2) is 14.0. The van der Waals surface area contributed by atoms with Crippen LogP contribution in [0.2, 0.25) is 0 Å². The molecule has 1 aromatic heterocycles. The summed E-state index contributed by atoms with van der Waals surface area (Å²) in [6.45, 7) is 4.47. The lowest BCUT2D eigenvalue weighted by Crippen LogP contribution is -2.34. The number of hydrogen-bond acceptors (Lipinski definition) is 5. The van der Waals surface area contributed by atoms with Crippen molar-refractivity contribution in [1.29, 1.82) is 0 Å². The zero-order valence-corrected chi connectivity index (χ0v) is 25.9. The highest BCUT2D eigenvalue weighted by Crippen LogP contribution is 2.30. The summed E-state index contributed by atoms with van der Waals surface area (Å²) in [6, 6.07) is 33.2. The van der Waals surface area contributed by atoms with Crippen LogP contribution in [-0.4, -0.2) is 52.2 Å². The van der Waals surface area contributed by atoms with Gasteiger partial charge in [0.05, 0.1) is 11.6 Å². The summed E-state index contributed by atoms with van der Waals surface area (Å²) in [5.41, 5.74) is 7.52. The van der Waals surface area contributed by atoms with Gasteiger partial charge in [0.15, 0.2) is 0 Å². The molecule has 2 heterocycles. The summed E-state index contributed by atoms with van der Waals surface area (Å²) in [7, 11) is 0. The van der Waals surface area contributed by atoms with Crippen molar-refractivity contribution in [2.45, 2.75) is 31.8 Å². The van der Waals surface area contributed by atoms with E-state index in [9.17, 15) is 19.8 Å². The number of amides is 1. The monoisotopic (exact) mass is 613 g/mol. The number of hydrogen-bond donors (Lipinski definition) is 4. The van der Waals surface area contributed by atoms with Gasteiger partial charge < -0.3 is 25.4 Å². The van der Waals surface area contributed by atoms with E-state index in [0.717, 1.165) is 18.4 Å². The minimum Gasteiger partial charge on any atom is -0.506 e. The second-order valence-corrected chi connectivity index (χ2v) is 11.9. The zero-order chi connectivity index (χ0) is 32.0. The number of aromatic hydroxyl groups is 1. The minimum absolute atomic E-state index is 0.0323. The first-order valence-corrected chi connectivity index (χ1v) is 15.8. The first-order valence-electron chi connectivity index (χ1n) is 15.8. The molecule has 0 saturated carbocycles. The molecule has 1 amide bonds. The lowest BCUT2D eigenvalue weighted by molar-refractivity contribution is 0.0773. The van der Waals surface area contributed by atoms with Crippen LogP contribution in [0.5, 0.6) is 5.75 Å². The van der Waals surface area contributed by atoms with Gasteiger partial charge >= 0.3 is 0 Å². The number of fused-ring (bicyclic) bond motifs is 1. The SMILES string of the molecule is CC(c1ccccc1)c1cccc(C2=CCN(C(=O)c3ccc(CCNCC(O)c4ccc(O)c5[nH]c(=O)ccc45)cc3)CC2)c1. The molecule has 2 unspecified atom stereocenters. The van der Waals surface area contributed by atoms with E-state index in [0.29, 0.717) is 54.1 Å². The van der Waals surface area contributed by atoms with E-state index in [-0.39, 0.29) is 17.2 Å². The molecular weight excluding hydrogens is 574 g/mol. The van der Waals surface area contributed by atoms with E-state index in [1.54, 1.807) is 12.1 Å². The smallest absolute Gasteiger partial charge is 0.254 e. The van der Waals surface area contributed by atoms with Gasteiger partial charge in [-0.1, -0.05) is 85.8 Å². The standard InChI is InChI=1S/C39H39N3O4/c1-26(28-6-3-2-4-7-28)31-8-5-9-32(24-31)29-19-22-42(23-20-29)39(46)30-12-10-27(11-13-30)18-21-40-25-36(44)33-14-16-35(43)38-34(33)15-17-37(45)41-38/h2-17,19,24,26,36,40,43-44H,18,20-23,25H2,1H3,(H,41,45). The Labute approximate surface area is 268 Å². The molecule has 0 saturated heterocycles. The molecule has 7 nitrogen and oxygen atoms in total. The maximum atomic E-state index is 13.3. The van der Waals surface area contributed by atoms with Gasteiger partial charge in [0.2, 0.25) is 5.56 Å². The number of aromatic nitrogens is 1. The minimum atomic E-state index is -0.810. The summed E-state index contributed by atoms with van der Waals surface area (Å²) in [4.78, 5) is 29.5. The van der Waals surface area contributed by atoms with Gasteiger partial charge in [0.25, 0.3) is 5.91 Å². The van der Waals surface area contributed by atoms with Gasteiger partial charge in [0.1, 0.15) is 5.75 Å². The van der Waals surface area contributed by atoms with Gasteiger partial charge in [-0.3, -0.25) is 9.59 Å². The molecule has 4 aromatic carbocycles. The molecule has 7 heteroatoms. The van der Waals surface area contributed by atoms with Gasteiger partial charge in [-0.2, -0.15) is 0 Å². The number of phenolic OH excluding ortho intramolecular Hbond substituents is 1. The highest BCUT2D eigenvalue weighted by Gasteiger charge is 2.20. The molecule has 0 aliphatic carbocycles. The van der Waals surface area contributed by atoms with Crippen LogP contribution in [0, 0.1) is 0 Å². The van der Waals surface area contributed by atoms with Crippen molar-refractivity contribution in [3.05, 3.63) is 153 Å². The van der Waals surface area contributed by atoms with E-state index in [2.05, 4.69) is 71.8 Å². The Morgan fingerprint density at radius 3 is 2.48 bits per heavy atom. The third-order valence-corrected chi connectivity index (χ3v) is 8.95.